The molecule has 256 valence electrons. The first-order valence-corrected chi connectivity index (χ1v) is 16.8. The normalized spacial score (nSPS) is 15.8. The lowest BCUT2D eigenvalue weighted by molar-refractivity contribution is -0.146. The first-order valence-electron chi connectivity index (χ1n) is 16.8. The highest BCUT2D eigenvalue weighted by Crippen LogP contribution is 2.40. The Morgan fingerprint density at radius 1 is 0.708 bits per heavy atom. The second-order valence-corrected chi connectivity index (χ2v) is 12.5. The molecule has 0 amide bonds. The predicted octanol–water partition coefficient (Wildman–Crippen LogP) is 8.04. The maximum atomic E-state index is 11.9. The summed E-state index contributed by atoms with van der Waals surface area (Å²) in [7, 11) is 0. The van der Waals surface area contributed by atoms with E-state index in [1.54, 1.807) is 18.2 Å². The molecule has 0 atom stereocenters. The molecule has 1 fully saturated rings. The Morgan fingerprint density at radius 2 is 1.23 bits per heavy atom. The summed E-state index contributed by atoms with van der Waals surface area (Å²) in [5.74, 6) is 0.660. The zero-order chi connectivity index (χ0) is 34.5. The third-order valence-electron chi connectivity index (χ3n) is 8.99. The molecule has 4 rings (SSSR count). The SMILES string of the molecule is C=C(CO)C(=O)OCOc1cc(OCOC(=O)C(=C)CO)cc(-c2ccc(-c3ccc(C4CCC(CCCCC)CC4)c(C)c3)cc2)c1. The van der Waals surface area contributed by atoms with Crippen LogP contribution in [0.3, 0.4) is 0 Å². The summed E-state index contributed by atoms with van der Waals surface area (Å²) in [4.78, 5) is 23.7. The lowest BCUT2D eigenvalue weighted by Crippen LogP contribution is -2.14. The summed E-state index contributed by atoms with van der Waals surface area (Å²) in [5, 5.41) is 18.2. The largest absolute Gasteiger partial charge is 0.457 e. The van der Waals surface area contributed by atoms with Crippen LogP contribution in [0.5, 0.6) is 11.5 Å². The van der Waals surface area contributed by atoms with Gasteiger partial charge in [-0.15, -0.1) is 0 Å². The molecule has 0 spiro atoms. The summed E-state index contributed by atoms with van der Waals surface area (Å²) < 4.78 is 21.3. The van der Waals surface area contributed by atoms with Gasteiger partial charge in [0, 0.05) is 6.07 Å². The highest BCUT2D eigenvalue weighted by atomic mass is 16.7. The maximum Gasteiger partial charge on any atom is 0.338 e. The average molecular weight is 657 g/mol. The van der Waals surface area contributed by atoms with Crippen LogP contribution in [0.15, 0.2) is 85.0 Å². The van der Waals surface area contributed by atoms with E-state index in [0.717, 1.165) is 28.2 Å². The van der Waals surface area contributed by atoms with Crippen molar-refractivity contribution in [2.24, 2.45) is 5.92 Å². The molecule has 0 aliphatic heterocycles. The molecule has 0 aromatic heterocycles. The number of unbranched alkanes of at least 4 members (excludes halogenated alkanes) is 2. The van der Waals surface area contributed by atoms with Crippen LogP contribution in [-0.4, -0.2) is 49.0 Å². The molecule has 8 nitrogen and oxygen atoms in total. The van der Waals surface area contributed by atoms with E-state index in [-0.39, 0.29) is 11.1 Å². The second kappa shape index (κ2) is 18.2. The van der Waals surface area contributed by atoms with Gasteiger partial charge in [-0.25, -0.2) is 9.59 Å². The maximum absolute atomic E-state index is 11.9. The highest BCUT2D eigenvalue weighted by Gasteiger charge is 2.23. The van der Waals surface area contributed by atoms with Crippen molar-refractivity contribution in [3.05, 3.63) is 96.1 Å². The number of ether oxygens (including phenoxy) is 4. The van der Waals surface area contributed by atoms with E-state index in [9.17, 15) is 9.59 Å². The summed E-state index contributed by atoms with van der Waals surface area (Å²) in [5.41, 5.74) is 6.53. The fraction of sp³-hybridized carbons (Fsp3) is 0.400. The molecule has 1 saturated carbocycles. The summed E-state index contributed by atoms with van der Waals surface area (Å²) in [6.45, 7) is 9.51. The van der Waals surface area contributed by atoms with E-state index in [1.165, 1.54) is 62.5 Å². The van der Waals surface area contributed by atoms with Crippen LogP contribution in [0.2, 0.25) is 0 Å². The summed E-state index contributed by atoms with van der Waals surface area (Å²) in [6, 6.07) is 20.1. The number of carbonyl (C=O) groups is 2. The second-order valence-electron chi connectivity index (χ2n) is 12.5. The molecule has 0 unspecified atom stereocenters. The monoisotopic (exact) mass is 656 g/mol. The van der Waals surface area contributed by atoms with E-state index in [1.807, 2.05) is 12.1 Å². The van der Waals surface area contributed by atoms with E-state index in [4.69, 9.17) is 29.2 Å². The third-order valence-corrected chi connectivity index (χ3v) is 8.99. The van der Waals surface area contributed by atoms with Crippen molar-refractivity contribution in [2.45, 2.75) is 71.1 Å². The van der Waals surface area contributed by atoms with Crippen LogP contribution < -0.4 is 9.47 Å². The van der Waals surface area contributed by atoms with E-state index in [0.29, 0.717) is 17.4 Å². The minimum absolute atomic E-state index is 0.0899. The summed E-state index contributed by atoms with van der Waals surface area (Å²) in [6.07, 6.45) is 10.6. The number of carbonyl (C=O) groups excluding carboxylic acids is 2. The number of aliphatic hydroxyl groups excluding tert-OH is 2. The Labute approximate surface area is 284 Å². The number of rotatable bonds is 17. The number of benzene rings is 3. The molecule has 0 saturated heterocycles. The Morgan fingerprint density at radius 3 is 1.73 bits per heavy atom. The molecule has 2 N–H and O–H groups in total. The van der Waals surface area contributed by atoms with E-state index < -0.39 is 38.7 Å². The van der Waals surface area contributed by atoms with Gasteiger partial charge in [0.1, 0.15) is 11.5 Å². The van der Waals surface area contributed by atoms with Crippen LogP contribution in [0.4, 0.5) is 0 Å². The van der Waals surface area contributed by atoms with Gasteiger partial charge in [0.05, 0.1) is 24.4 Å². The van der Waals surface area contributed by atoms with Crippen LogP contribution >= 0.6 is 0 Å². The molecule has 1 aliphatic rings. The number of hydrogen-bond acceptors (Lipinski definition) is 8. The number of aryl methyl sites for hydroxylation is 1. The van der Waals surface area contributed by atoms with Crippen molar-refractivity contribution in [1.82, 2.24) is 0 Å². The zero-order valence-electron chi connectivity index (χ0n) is 28.2. The molecule has 0 bridgehead atoms. The minimum atomic E-state index is -0.773. The predicted molar refractivity (Wildman–Crippen MR) is 187 cm³/mol. The van der Waals surface area contributed by atoms with Gasteiger partial charge in [0.2, 0.25) is 13.6 Å². The summed E-state index contributed by atoms with van der Waals surface area (Å²) >= 11 is 0. The van der Waals surface area contributed by atoms with E-state index >= 15 is 0 Å². The van der Waals surface area contributed by atoms with Crippen molar-refractivity contribution in [1.29, 1.82) is 0 Å². The molecule has 3 aromatic carbocycles. The number of hydrogen-bond donors (Lipinski definition) is 2. The van der Waals surface area contributed by atoms with Gasteiger partial charge in [0.25, 0.3) is 0 Å². The molecular formula is C40H48O8. The van der Waals surface area contributed by atoms with Crippen LogP contribution in [0.25, 0.3) is 22.3 Å². The highest BCUT2D eigenvalue weighted by molar-refractivity contribution is 5.88. The van der Waals surface area contributed by atoms with Crippen LogP contribution in [0.1, 0.15) is 75.3 Å². The topological polar surface area (TPSA) is 112 Å². The van der Waals surface area contributed by atoms with Gasteiger partial charge in [-0.2, -0.15) is 0 Å². The smallest absolute Gasteiger partial charge is 0.338 e. The molecule has 0 heterocycles. The fourth-order valence-corrected chi connectivity index (χ4v) is 6.15. The van der Waals surface area contributed by atoms with E-state index in [2.05, 4.69) is 57.3 Å². The standard InChI is InChI=1S/C40H48O8/c1-5-6-7-8-30-9-11-33(12-10-30)38-18-17-34(19-27(38)2)31-13-15-32(16-14-31)35-20-36(45-25-47-39(43)28(3)23-41)22-37(21-35)46-26-48-40(44)29(4)24-42/h13-22,30,33,41-42H,3-12,23-26H2,1-2H3. The van der Waals surface area contributed by atoms with Crippen molar-refractivity contribution < 1.29 is 38.7 Å². The molecule has 0 radical (unpaired) electrons. The number of esters is 2. The quantitative estimate of drug-likeness (QED) is 0.0650. The first kappa shape index (κ1) is 36.4. The fourth-order valence-electron chi connectivity index (χ4n) is 6.15. The van der Waals surface area contributed by atoms with Crippen LogP contribution in [-0.2, 0) is 19.1 Å². The molecule has 8 heteroatoms. The Balaban J connectivity index is 1.46. The van der Waals surface area contributed by atoms with Crippen molar-refractivity contribution in [3.63, 3.8) is 0 Å². The Hall–Kier alpha value is -4.40. The van der Waals surface area contributed by atoms with Gasteiger partial charge < -0.3 is 29.2 Å². The molecule has 3 aromatic rings. The molecule has 1 aliphatic carbocycles. The van der Waals surface area contributed by atoms with Gasteiger partial charge in [-0.05, 0) is 90.0 Å². The zero-order valence-corrected chi connectivity index (χ0v) is 28.2. The van der Waals surface area contributed by atoms with Gasteiger partial charge in [-0.1, -0.05) is 88.2 Å². The van der Waals surface area contributed by atoms with Crippen molar-refractivity contribution in [2.75, 3.05) is 26.8 Å². The van der Waals surface area contributed by atoms with Crippen molar-refractivity contribution in [3.8, 4) is 33.8 Å². The Bertz CT molecular complexity index is 1500. The third kappa shape index (κ3) is 10.3. The molecular weight excluding hydrogens is 608 g/mol. The van der Waals surface area contributed by atoms with Crippen LogP contribution in [0, 0.1) is 12.8 Å². The lowest BCUT2D eigenvalue weighted by atomic mass is 9.76. The van der Waals surface area contributed by atoms with Crippen molar-refractivity contribution >= 4 is 11.9 Å². The van der Waals surface area contributed by atoms with Gasteiger partial charge >= 0.3 is 11.9 Å². The minimum Gasteiger partial charge on any atom is -0.457 e. The number of aliphatic hydroxyl groups is 2. The molecule has 48 heavy (non-hydrogen) atoms. The van der Waals surface area contributed by atoms with Gasteiger partial charge in [-0.3, -0.25) is 0 Å². The average Bonchev–Trinajstić information content (AvgIpc) is 3.11. The lowest BCUT2D eigenvalue weighted by Gasteiger charge is -2.30. The first-order chi connectivity index (χ1) is 23.2. The van der Waals surface area contributed by atoms with Gasteiger partial charge in [0.15, 0.2) is 0 Å². The Kier molecular flexibility index (Phi) is 13.8.